The van der Waals surface area contributed by atoms with Gasteiger partial charge < -0.3 is 5.32 Å². The molecule has 4 aromatic carbocycles. The lowest BCUT2D eigenvalue weighted by atomic mass is 10.1. The van der Waals surface area contributed by atoms with Crippen LogP contribution in [0.1, 0.15) is 15.9 Å². The first-order valence-electron chi connectivity index (χ1n) is 11.5. The lowest BCUT2D eigenvalue weighted by molar-refractivity contribution is 0.102. The van der Waals surface area contributed by atoms with Crippen molar-refractivity contribution in [3.05, 3.63) is 117 Å². The number of rotatable bonds is 9. The number of nitrogens with zero attached hydrogens (tertiary/aromatic N) is 1. The molecule has 0 heterocycles. The minimum Gasteiger partial charge on any atom is -0.322 e. The molecule has 13 heteroatoms. The van der Waals surface area contributed by atoms with Crippen molar-refractivity contribution in [3.63, 3.8) is 0 Å². The van der Waals surface area contributed by atoms with Crippen LogP contribution in [0.2, 0.25) is 15.1 Å². The second-order valence-corrected chi connectivity index (χ2v) is 13.4. The van der Waals surface area contributed by atoms with E-state index < -0.39 is 26.0 Å². The Balaban J connectivity index is 1.43. The number of hydrogen-bond donors (Lipinski definition) is 2. The van der Waals surface area contributed by atoms with Crippen LogP contribution >= 0.6 is 34.8 Å². The maximum Gasteiger partial charge on any atom is 0.261 e. The Kier molecular flexibility index (Phi) is 8.96. The standard InChI is InChI=1S/C27H22Cl3N3O5S2/c1-39(35,36)33(25-4-2-3-24(29)26(25)30)17-18-5-7-19(8-6-18)27(34)31-21-13-15-23(16-14-21)40(37,38)32-22-11-9-20(28)10-12-22/h2-16,32H,17H2,1H3,(H,31,34). The largest absolute Gasteiger partial charge is 0.322 e. The summed E-state index contributed by atoms with van der Waals surface area (Å²) >= 11 is 18.2. The highest BCUT2D eigenvalue weighted by molar-refractivity contribution is 7.92. The molecule has 208 valence electrons. The second kappa shape index (κ2) is 12.1. The van der Waals surface area contributed by atoms with Gasteiger partial charge in [0.1, 0.15) is 0 Å². The molecule has 2 N–H and O–H groups in total. The Hall–Kier alpha value is -3.28. The van der Waals surface area contributed by atoms with E-state index in [1.165, 1.54) is 24.3 Å². The number of carbonyl (C=O) groups excluding carboxylic acids is 1. The zero-order chi connectivity index (χ0) is 29.1. The van der Waals surface area contributed by atoms with Crippen molar-refractivity contribution in [2.24, 2.45) is 0 Å². The molecule has 0 saturated heterocycles. The van der Waals surface area contributed by atoms with Crippen molar-refractivity contribution in [2.45, 2.75) is 11.4 Å². The van der Waals surface area contributed by atoms with Gasteiger partial charge in [-0.2, -0.15) is 0 Å². The van der Waals surface area contributed by atoms with Crippen LogP contribution in [0.4, 0.5) is 17.1 Å². The van der Waals surface area contributed by atoms with E-state index in [-0.39, 0.29) is 27.2 Å². The summed E-state index contributed by atoms with van der Waals surface area (Å²) in [6.45, 7) is -0.0270. The van der Waals surface area contributed by atoms with Crippen molar-refractivity contribution >= 4 is 77.8 Å². The fourth-order valence-corrected chi connectivity index (χ4v) is 6.17. The number of anilines is 3. The molecule has 0 unspecified atom stereocenters. The lowest BCUT2D eigenvalue weighted by Crippen LogP contribution is -2.29. The Bertz CT molecular complexity index is 1750. The average Bonchev–Trinajstić information content (AvgIpc) is 2.90. The van der Waals surface area contributed by atoms with Crippen LogP contribution < -0.4 is 14.3 Å². The van der Waals surface area contributed by atoms with Gasteiger partial charge in [-0.25, -0.2) is 16.8 Å². The third-order valence-corrected chi connectivity index (χ3v) is 9.25. The highest BCUT2D eigenvalue weighted by Crippen LogP contribution is 2.34. The molecular formula is C27H22Cl3N3O5S2. The predicted octanol–water partition coefficient (Wildman–Crippen LogP) is 6.67. The molecule has 4 rings (SSSR count). The summed E-state index contributed by atoms with van der Waals surface area (Å²) in [5, 5.41) is 3.53. The Labute approximate surface area is 247 Å². The number of carbonyl (C=O) groups is 1. The van der Waals surface area contributed by atoms with Crippen LogP contribution in [0, 0.1) is 0 Å². The molecule has 0 spiro atoms. The second-order valence-electron chi connectivity index (χ2n) is 8.63. The van der Waals surface area contributed by atoms with Crippen molar-refractivity contribution < 1.29 is 21.6 Å². The summed E-state index contributed by atoms with van der Waals surface area (Å²) in [5.41, 5.74) is 1.92. The molecule has 8 nitrogen and oxygen atoms in total. The van der Waals surface area contributed by atoms with E-state index in [1.54, 1.807) is 66.7 Å². The summed E-state index contributed by atoms with van der Waals surface area (Å²) < 4.78 is 53.9. The summed E-state index contributed by atoms with van der Waals surface area (Å²) in [6, 6.07) is 23.0. The van der Waals surface area contributed by atoms with Crippen molar-refractivity contribution in [3.8, 4) is 0 Å². The highest BCUT2D eigenvalue weighted by Gasteiger charge is 2.22. The van der Waals surface area contributed by atoms with Crippen molar-refractivity contribution in [2.75, 3.05) is 20.6 Å². The Morgan fingerprint density at radius 1 is 0.775 bits per heavy atom. The van der Waals surface area contributed by atoms with E-state index in [2.05, 4.69) is 10.0 Å². The number of halogens is 3. The SMILES string of the molecule is CS(=O)(=O)N(Cc1ccc(C(=O)Nc2ccc(S(=O)(=O)Nc3ccc(Cl)cc3)cc2)cc1)c1cccc(Cl)c1Cl. The van der Waals surface area contributed by atoms with E-state index in [1.807, 2.05) is 0 Å². The van der Waals surface area contributed by atoms with E-state index in [4.69, 9.17) is 34.8 Å². The first-order valence-corrected chi connectivity index (χ1v) is 16.0. The van der Waals surface area contributed by atoms with Crippen LogP contribution in [0.25, 0.3) is 0 Å². The maximum atomic E-state index is 12.8. The molecule has 0 fully saturated rings. The van der Waals surface area contributed by atoms with Gasteiger partial charge in [-0.1, -0.05) is 53.0 Å². The summed E-state index contributed by atoms with van der Waals surface area (Å²) in [4.78, 5) is 12.8. The first kappa shape index (κ1) is 29.7. The van der Waals surface area contributed by atoms with Gasteiger partial charge in [-0.15, -0.1) is 0 Å². The van der Waals surface area contributed by atoms with Crippen molar-refractivity contribution in [1.82, 2.24) is 0 Å². The predicted molar refractivity (Wildman–Crippen MR) is 161 cm³/mol. The van der Waals surface area contributed by atoms with Crippen LogP contribution in [-0.4, -0.2) is 29.0 Å². The van der Waals surface area contributed by atoms with Gasteiger partial charge in [-0.3, -0.25) is 13.8 Å². The quantitative estimate of drug-likeness (QED) is 0.213. The van der Waals surface area contributed by atoms with Gasteiger partial charge in [0, 0.05) is 22.0 Å². The van der Waals surface area contributed by atoms with E-state index in [0.717, 1.165) is 10.6 Å². The Morgan fingerprint density at radius 2 is 1.38 bits per heavy atom. The normalized spacial score (nSPS) is 11.6. The molecule has 0 radical (unpaired) electrons. The topological polar surface area (TPSA) is 113 Å². The molecule has 0 saturated carbocycles. The zero-order valence-corrected chi connectivity index (χ0v) is 24.7. The minimum absolute atomic E-state index is 0.0139. The monoisotopic (exact) mass is 637 g/mol. The minimum atomic E-state index is -3.84. The van der Waals surface area contributed by atoms with E-state index in [0.29, 0.717) is 27.5 Å². The molecule has 0 aliphatic rings. The molecule has 0 aliphatic heterocycles. The summed E-state index contributed by atoms with van der Waals surface area (Å²) in [7, 11) is -7.54. The molecule has 0 atom stereocenters. The highest BCUT2D eigenvalue weighted by atomic mass is 35.5. The van der Waals surface area contributed by atoms with Gasteiger partial charge in [-0.05, 0) is 78.4 Å². The van der Waals surface area contributed by atoms with Gasteiger partial charge >= 0.3 is 0 Å². The van der Waals surface area contributed by atoms with E-state index >= 15 is 0 Å². The number of hydrogen-bond acceptors (Lipinski definition) is 5. The average molecular weight is 639 g/mol. The van der Waals surface area contributed by atoms with Crippen molar-refractivity contribution in [1.29, 1.82) is 0 Å². The number of benzene rings is 4. The zero-order valence-electron chi connectivity index (χ0n) is 20.8. The first-order chi connectivity index (χ1) is 18.8. The van der Waals surface area contributed by atoms with Gasteiger partial charge in [0.25, 0.3) is 15.9 Å². The van der Waals surface area contributed by atoms with Gasteiger partial charge in [0.2, 0.25) is 10.0 Å². The Morgan fingerprint density at radius 3 is 1.98 bits per heavy atom. The van der Waals surface area contributed by atoms with E-state index in [9.17, 15) is 21.6 Å². The van der Waals surface area contributed by atoms with Gasteiger partial charge in [0.05, 0.1) is 33.4 Å². The molecule has 0 aliphatic carbocycles. The van der Waals surface area contributed by atoms with Crippen LogP contribution in [0.3, 0.4) is 0 Å². The molecule has 0 aromatic heterocycles. The van der Waals surface area contributed by atoms with Gasteiger partial charge in [0.15, 0.2) is 0 Å². The third-order valence-electron chi connectivity index (χ3n) is 5.66. The fourth-order valence-electron chi connectivity index (χ4n) is 3.65. The third kappa shape index (κ3) is 7.26. The lowest BCUT2D eigenvalue weighted by Gasteiger charge is -2.24. The van der Waals surface area contributed by atoms with Crippen LogP contribution in [-0.2, 0) is 26.6 Å². The molecule has 4 aromatic rings. The number of nitrogens with one attached hydrogen (secondary N) is 2. The molecule has 0 bridgehead atoms. The fraction of sp³-hybridized carbons (Fsp3) is 0.0741. The van der Waals surface area contributed by atoms with Crippen LogP contribution in [0.5, 0.6) is 0 Å². The smallest absolute Gasteiger partial charge is 0.261 e. The summed E-state index contributed by atoms with van der Waals surface area (Å²) in [6.07, 6.45) is 1.07. The number of amides is 1. The molecule has 1 amide bonds. The maximum absolute atomic E-state index is 12.8. The summed E-state index contributed by atoms with van der Waals surface area (Å²) in [5.74, 6) is -0.431. The van der Waals surface area contributed by atoms with Crippen LogP contribution in [0.15, 0.2) is 95.9 Å². The molecule has 40 heavy (non-hydrogen) atoms. The molecular weight excluding hydrogens is 617 g/mol. The number of sulfonamides is 2.